The van der Waals surface area contributed by atoms with Gasteiger partial charge in [0.2, 0.25) is 5.91 Å². The number of rotatable bonds is 18. The number of likely N-dealkylation sites (tertiary alicyclic amines) is 1. The van der Waals surface area contributed by atoms with Gasteiger partial charge in [-0.1, -0.05) is 24.3 Å². The average Bonchev–Trinajstić information content (AvgIpc) is 3.92. The van der Waals surface area contributed by atoms with Gasteiger partial charge in [0.15, 0.2) is 0 Å². The van der Waals surface area contributed by atoms with Gasteiger partial charge in [0.05, 0.1) is 17.3 Å². The molecule has 0 spiro atoms. The van der Waals surface area contributed by atoms with Crippen LogP contribution in [0.15, 0.2) is 77.7 Å². The number of aromatic amines is 1. The van der Waals surface area contributed by atoms with E-state index in [1.807, 2.05) is 30.3 Å². The lowest BCUT2D eigenvalue weighted by molar-refractivity contribution is -0.121. The zero-order valence-electron chi connectivity index (χ0n) is 38.6. The lowest BCUT2D eigenvalue weighted by atomic mass is 9.83. The summed E-state index contributed by atoms with van der Waals surface area (Å²) in [7, 11) is 3.36. The van der Waals surface area contributed by atoms with E-state index in [-0.39, 0.29) is 84.1 Å². The number of hydrogen-bond donors (Lipinski definition) is 6. The number of carbonyl (C=O) groups excluding carboxylic acids is 5. The Labute approximate surface area is 396 Å². The fourth-order valence-electron chi connectivity index (χ4n) is 9.48. The number of aromatic nitrogens is 2. The number of benzene rings is 3. The summed E-state index contributed by atoms with van der Waals surface area (Å²) in [5.74, 6) is -0.270. The lowest BCUT2D eigenvalue weighted by Crippen LogP contribution is -2.56. The number of H-pyrrole nitrogens is 1. The van der Waals surface area contributed by atoms with Crippen LogP contribution in [0.2, 0.25) is 0 Å². The average molecular weight is 947 g/mol. The first-order valence-corrected chi connectivity index (χ1v) is 24.4. The highest BCUT2D eigenvalue weighted by molar-refractivity contribution is 7.85. The Morgan fingerprint density at radius 1 is 1.00 bits per heavy atom. The highest BCUT2D eigenvalue weighted by Crippen LogP contribution is 2.42. The fraction of sp³-hybridized carbons (Fsp3) is 0.388. The SMILES string of the molecule is CNC(=O)CCC(C=O)N1Cc2c(NC3CCN(C4CC(N(C)C(=O)c5cc(Oc6ccccc6)c(-c6cn(C)c(=O)c7[nH]c(C(=O)NCCN)cc67)cc5NS(C)=O)C4)CC3)cccc2C1=O. The maximum absolute atomic E-state index is 14.6. The summed E-state index contributed by atoms with van der Waals surface area (Å²) in [5, 5.41) is 9.44. The van der Waals surface area contributed by atoms with Crippen LogP contribution in [-0.2, 0) is 34.2 Å². The van der Waals surface area contributed by atoms with Crippen molar-refractivity contribution in [3.63, 3.8) is 0 Å². The van der Waals surface area contributed by atoms with Crippen molar-refractivity contribution in [1.29, 1.82) is 0 Å². The van der Waals surface area contributed by atoms with Crippen LogP contribution in [0, 0.1) is 0 Å². The van der Waals surface area contributed by atoms with Crippen molar-refractivity contribution in [3.8, 4) is 22.6 Å². The van der Waals surface area contributed by atoms with E-state index in [4.69, 9.17) is 10.5 Å². The van der Waals surface area contributed by atoms with Crippen LogP contribution in [0.25, 0.3) is 22.0 Å². The molecule has 4 heterocycles. The molecule has 7 N–H and O–H groups in total. The number of piperidine rings is 1. The van der Waals surface area contributed by atoms with E-state index < -0.39 is 22.9 Å². The molecule has 0 radical (unpaired) electrons. The smallest absolute Gasteiger partial charge is 0.274 e. The molecule has 2 unspecified atom stereocenters. The molecule has 2 aliphatic heterocycles. The number of carbonyl (C=O) groups is 5. The van der Waals surface area contributed by atoms with E-state index in [2.05, 4.69) is 30.6 Å². The molecule has 19 heteroatoms. The Hall–Kier alpha value is -6.83. The maximum Gasteiger partial charge on any atom is 0.274 e. The number of ether oxygens (including phenoxy) is 1. The first-order valence-electron chi connectivity index (χ1n) is 22.9. The third-order valence-electron chi connectivity index (χ3n) is 13.4. The standard InChI is InChI=1S/C49H58N10O8S/c1-51-44(61)14-13-30(28-60)59-27-39-34(48(59)64)11-8-12-40(39)53-29-15-19-58(20-16-29)32-21-31(22-32)57(3)47(63)37-25-43(67-33-9-6-5-7-10-33)35(23-41(37)55-68(4)66)38-26-56(2)49(65)45-36(38)24-42(54-45)46(62)52-18-17-50/h5-12,23-26,28-32,53-55H,13-22,27,50H2,1-4H3,(H,51,61)(H,52,62). The van der Waals surface area contributed by atoms with Crippen molar-refractivity contribution < 1.29 is 32.9 Å². The number of nitrogens with two attached hydrogens (primary N) is 1. The molecule has 5 aromatic rings. The third kappa shape index (κ3) is 9.91. The molecular formula is C49H58N10O8S. The number of hydrogen-bond acceptors (Lipinski definition) is 11. The van der Waals surface area contributed by atoms with Gasteiger partial charge in [-0.15, -0.1) is 0 Å². The number of pyridine rings is 1. The minimum atomic E-state index is -1.58. The van der Waals surface area contributed by atoms with Gasteiger partial charge in [-0.2, -0.15) is 0 Å². The second-order valence-electron chi connectivity index (χ2n) is 17.7. The molecule has 68 heavy (non-hydrogen) atoms. The number of amides is 4. The first kappa shape index (κ1) is 47.7. The van der Waals surface area contributed by atoms with Crippen molar-refractivity contribution in [2.24, 2.45) is 12.8 Å². The number of fused-ring (bicyclic) bond motifs is 2. The molecule has 1 saturated carbocycles. The van der Waals surface area contributed by atoms with Crippen molar-refractivity contribution in [1.82, 2.24) is 34.9 Å². The van der Waals surface area contributed by atoms with Crippen LogP contribution in [0.3, 0.4) is 0 Å². The lowest BCUT2D eigenvalue weighted by Gasteiger charge is -2.48. The van der Waals surface area contributed by atoms with Crippen LogP contribution < -0.4 is 36.7 Å². The molecule has 0 bridgehead atoms. The van der Waals surface area contributed by atoms with E-state index in [0.29, 0.717) is 45.8 Å². The number of nitrogens with one attached hydrogen (secondary N) is 5. The molecule has 2 aromatic heterocycles. The molecule has 18 nitrogen and oxygen atoms in total. The van der Waals surface area contributed by atoms with E-state index in [9.17, 15) is 33.0 Å². The Bertz CT molecular complexity index is 2820. The predicted octanol–water partition coefficient (Wildman–Crippen LogP) is 3.95. The topological polar surface area (TPSA) is 233 Å². The number of aryl methyl sites for hydroxylation is 1. The normalized spacial score (nSPS) is 18.0. The molecular weight excluding hydrogens is 889 g/mol. The monoisotopic (exact) mass is 946 g/mol. The second kappa shape index (κ2) is 20.6. The van der Waals surface area contributed by atoms with Gasteiger partial charge in [-0.25, -0.2) is 4.21 Å². The molecule has 3 aliphatic rings. The van der Waals surface area contributed by atoms with Gasteiger partial charge in [-0.05, 0) is 74.6 Å². The predicted molar refractivity (Wildman–Crippen MR) is 261 cm³/mol. The highest BCUT2D eigenvalue weighted by Gasteiger charge is 2.40. The summed E-state index contributed by atoms with van der Waals surface area (Å²) in [6.45, 7) is 2.51. The zero-order valence-corrected chi connectivity index (χ0v) is 39.5. The first-order chi connectivity index (χ1) is 32.8. The summed E-state index contributed by atoms with van der Waals surface area (Å²) in [6.07, 6.45) is 7.61. The number of nitrogens with zero attached hydrogens (tertiary/aromatic N) is 4. The summed E-state index contributed by atoms with van der Waals surface area (Å²) in [5.41, 5.74) is 9.55. The number of aldehydes is 1. The molecule has 3 aromatic carbocycles. The van der Waals surface area contributed by atoms with Crippen molar-refractivity contribution in [3.05, 3.63) is 106 Å². The molecule has 2 fully saturated rings. The van der Waals surface area contributed by atoms with Crippen LogP contribution in [-0.4, -0.2) is 129 Å². The van der Waals surface area contributed by atoms with Gasteiger partial charge in [-0.3, -0.25) is 24.0 Å². The van der Waals surface area contributed by atoms with E-state index in [0.717, 1.165) is 56.3 Å². The number of anilines is 2. The zero-order chi connectivity index (χ0) is 48.2. The van der Waals surface area contributed by atoms with Crippen molar-refractivity contribution >= 4 is 63.2 Å². The van der Waals surface area contributed by atoms with Crippen LogP contribution in [0.1, 0.15) is 75.3 Å². The van der Waals surface area contributed by atoms with Gasteiger partial charge in [0.1, 0.15) is 40.0 Å². The molecule has 2 atom stereocenters. The summed E-state index contributed by atoms with van der Waals surface area (Å²) < 4.78 is 23.8. The van der Waals surface area contributed by atoms with Crippen molar-refractivity contribution in [2.75, 3.05) is 56.6 Å². The largest absolute Gasteiger partial charge is 0.457 e. The quantitative estimate of drug-likeness (QED) is 0.0689. The van der Waals surface area contributed by atoms with Gasteiger partial charge in [0.25, 0.3) is 23.3 Å². The Kier molecular flexibility index (Phi) is 14.4. The third-order valence-corrected chi connectivity index (χ3v) is 13.9. The fourth-order valence-corrected chi connectivity index (χ4v) is 9.95. The Balaban J connectivity index is 0.968. The van der Waals surface area contributed by atoms with Gasteiger partial charge < -0.3 is 60.2 Å². The highest BCUT2D eigenvalue weighted by atomic mass is 32.2. The molecule has 1 saturated heterocycles. The Morgan fingerprint density at radius 3 is 2.44 bits per heavy atom. The van der Waals surface area contributed by atoms with Gasteiger partial charge in [0, 0.05) is 124 Å². The maximum atomic E-state index is 14.6. The molecule has 4 amide bonds. The molecule has 358 valence electrons. The summed E-state index contributed by atoms with van der Waals surface area (Å²) in [6, 6.07) is 19.4. The minimum Gasteiger partial charge on any atom is -0.457 e. The minimum absolute atomic E-state index is 0.0487. The second-order valence-corrected chi connectivity index (χ2v) is 18.8. The number of para-hydroxylation sites is 1. The van der Waals surface area contributed by atoms with Crippen LogP contribution in [0.5, 0.6) is 11.5 Å². The van der Waals surface area contributed by atoms with Gasteiger partial charge >= 0.3 is 0 Å². The Morgan fingerprint density at radius 2 is 1.75 bits per heavy atom. The van der Waals surface area contributed by atoms with E-state index >= 15 is 0 Å². The molecule has 1 aliphatic carbocycles. The summed E-state index contributed by atoms with van der Waals surface area (Å²) in [4.78, 5) is 87.0. The van der Waals surface area contributed by atoms with Crippen LogP contribution >= 0.6 is 0 Å². The van der Waals surface area contributed by atoms with E-state index in [1.165, 1.54) is 10.8 Å². The molecule has 8 rings (SSSR count). The van der Waals surface area contributed by atoms with Crippen molar-refractivity contribution in [2.45, 2.75) is 69.2 Å². The van der Waals surface area contributed by atoms with Crippen LogP contribution in [0.4, 0.5) is 11.4 Å². The summed E-state index contributed by atoms with van der Waals surface area (Å²) >= 11 is 0. The van der Waals surface area contributed by atoms with E-state index in [1.54, 1.807) is 73.5 Å².